The number of carbonyl (C=O) groups excluding carboxylic acids is 1. The van der Waals surface area contributed by atoms with Crippen LogP contribution in [0.15, 0.2) is 41.3 Å². The normalized spacial score (nSPS) is 20.9. The Labute approximate surface area is 152 Å². The number of amides is 1. The van der Waals surface area contributed by atoms with E-state index < -0.39 is 0 Å². The van der Waals surface area contributed by atoms with Crippen molar-refractivity contribution in [1.82, 2.24) is 14.8 Å². The summed E-state index contributed by atoms with van der Waals surface area (Å²) in [5, 5.41) is 3.25. The molecule has 0 spiro atoms. The van der Waals surface area contributed by atoms with Gasteiger partial charge in [0.25, 0.3) is 0 Å². The van der Waals surface area contributed by atoms with Gasteiger partial charge in [0.15, 0.2) is 0 Å². The van der Waals surface area contributed by atoms with Crippen molar-refractivity contribution in [2.45, 2.75) is 20.4 Å². The standard InChI is InChI=1S/C20H23N3OS/c1-14-18(16-6-4-3-5-7-16)19(14)20(24)23-10-8-22(9-11-23)12-17-13-25-15(2)21-17/h3-7,13,19H,8-12H2,1-2H3. The molecule has 0 bridgehead atoms. The Morgan fingerprint density at radius 3 is 2.52 bits per heavy atom. The van der Waals surface area contributed by atoms with Crippen LogP contribution in [0.4, 0.5) is 0 Å². The molecule has 1 aromatic carbocycles. The minimum absolute atomic E-state index is 0.00939. The zero-order valence-electron chi connectivity index (χ0n) is 14.7. The highest BCUT2D eigenvalue weighted by Gasteiger charge is 2.42. The molecule has 1 aromatic heterocycles. The van der Waals surface area contributed by atoms with Crippen molar-refractivity contribution in [3.8, 4) is 0 Å². The van der Waals surface area contributed by atoms with Gasteiger partial charge in [0.05, 0.1) is 16.6 Å². The van der Waals surface area contributed by atoms with Crippen LogP contribution in [0.5, 0.6) is 0 Å². The number of carbonyl (C=O) groups is 1. The van der Waals surface area contributed by atoms with Crippen LogP contribution in [0.2, 0.25) is 0 Å². The lowest BCUT2D eigenvalue weighted by Crippen LogP contribution is -2.49. The number of nitrogens with zero attached hydrogens (tertiary/aromatic N) is 3. The zero-order valence-corrected chi connectivity index (χ0v) is 15.6. The second-order valence-corrected chi connectivity index (χ2v) is 7.92. The quantitative estimate of drug-likeness (QED) is 0.847. The predicted octanol–water partition coefficient (Wildman–Crippen LogP) is 3.20. The number of benzene rings is 1. The highest BCUT2D eigenvalue weighted by Crippen LogP contribution is 2.47. The summed E-state index contributed by atoms with van der Waals surface area (Å²) in [4.78, 5) is 21.8. The molecule has 1 fully saturated rings. The Balaban J connectivity index is 1.32. The van der Waals surface area contributed by atoms with E-state index in [-0.39, 0.29) is 11.8 Å². The maximum Gasteiger partial charge on any atom is 0.234 e. The molecule has 130 valence electrons. The molecule has 1 amide bonds. The molecule has 1 atom stereocenters. The van der Waals surface area contributed by atoms with Gasteiger partial charge in [0, 0.05) is 38.1 Å². The summed E-state index contributed by atoms with van der Waals surface area (Å²) in [6.45, 7) is 8.50. The summed E-state index contributed by atoms with van der Waals surface area (Å²) in [6, 6.07) is 10.3. The van der Waals surface area contributed by atoms with Gasteiger partial charge < -0.3 is 4.90 Å². The maximum absolute atomic E-state index is 12.9. The van der Waals surface area contributed by atoms with Crippen LogP contribution >= 0.6 is 11.3 Å². The van der Waals surface area contributed by atoms with Crippen molar-refractivity contribution in [2.75, 3.05) is 26.2 Å². The van der Waals surface area contributed by atoms with E-state index in [0.717, 1.165) is 43.4 Å². The van der Waals surface area contributed by atoms with Crippen LogP contribution in [0.1, 0.15) is 23.2 Å². The van der Waals surface area contributed by atoms with Crippen LogP contribution in [-0.2, 0) is 11.3 Å². The fraction of sp³-hybridized carbons (Fsp3) is 0.400. The molecule has 2 aromatic rings. The van der Waals surface area contributed by atoms with Crippen molar-refractivity contribution in [3.63, 3.8) is 0 Å². The van der Waals surface area contributed by atoms with Gasteiger partial charge in [-0.15, -0.1) is 11.3 Å². The number of aromatic nitrogens is 1. The number of piperazine rings is 1. The summed E-state index contributed by atoms with van der Waals surface area (Å²) >= 11 is 1.70. The zero-order chi connectivity index (χ0) is 17.4. The first-order chi connectivity index (χ1) is 12.1. The van der Waals surface area contributed by atoms with E-state index >= 15 is 0 Å². The van der Waals surface area contributed by atoms with Gasteiger partial charge in [-0.05, 0) is 25.0 Å². The van der Waals surface area contributed by atoms with Crippen LogP contribution < -0.4 is 0 Å². The van der Waals surface area contributed by atoms with Crippen LogP contribution in [0, 0.1) is 12.8 Å². The molecule has 1 aliphatic carbocycles. The summed E-state index contributed by atoms with van der Waals surface area (Å²) in [5.74, 6) is 0.288. The molecule has 0 saturated carbocycles. The molecule has 4 nitrogen and oxygen atoms in total. The van der Waals surface area contributed by atoms with E-state index in [1.165, 1.54) is 16.7 Å². The molecule has 0 N–H and O–H groups in total. The monoisotopic (exact) mass is 353 g/mol. The first-order valence-electron chi connectivity index (χ1n) is 8.81. The lowest BCUT2D eigenvalue weighted by Gasteiger charge is -2.34. The Bertz CT molecular complexity index is 803. The number of hydrogen-bond acceptors (Lipinski definition) is 4. The lowest BCUT2D eigenvalue weighted by molar-refractivity contribution is -0.133. The molecule has 1 aliphatic heterocycles. The fourth-order valence-electron chi connectivity index (χ4n) is 3.67. The maximum atomic E-state index is 12.9. The number of hydrogen-bond donors (Lipinski definition) is 0. The molecule has 1 unspecified atom stereocenters. The Kier molecular flexibility index (Phi) is 4.44. The predicted molar refractivity (Wildman–Crippen MR) is 101 cm³/mol. The van der Waals surface area contributed by atoms with Gasteiger partial charge in [-0.2, -0.15) is 0 Å². The van der Waals surface area contributed by atoms with Crippen molar-refractivity contribution in [1.29, 1.82) is 0 Å². The largest absolute Gasteiger partial charge is 0.339 e. The molecule has 2 aliphatic rings. The smallest absolute Gasteiger partial charge is 0.234 e. The van der Waals surface area contributed by atoms with E-state index in [0.29, 0.717) is 0 Å². The van der Waals surface area contributed by atoms with Crippen molar-refractivity contribution >= 4 is 22.8 Å². The molecule has 2 heterocycles. The molecule has 5 heteroatoms. The van der Waals surface area contributed by atoms with Crippen LogP contribution in [0.3, 0.4) is 0 Å². The summed E-state index contributed by atoms with van der Waals surface area (Å²) in [7, 11) is 0. The molecular weight excluding hydrogens is 330 g/mol. The van der Waals surface area contributed by atoms with Crippen molar-refractivity contribution in [3.05, 3.63) is 57.6 Å². The van der Waals surface area contributed by atoms with E-state index in [1.54, 1.807) is 11.3 Å². The Hall–Kier alpha value is -1.98. The Morgan fingerprint density at radius 2 is 1.88 bits per heavy atom. The SMILES string of the molecule is CC1=C(c2ccccc2)C1C(=O)N1CCN(Cc2csc(C)n2)CC1. The summed E-state index contributed by atoms with van der Waals surface area (Å²) in [6.07, 6.45) is 0. The third kappa shape index (κ3) is 3.39. The highest BCUT2D eigenvalue weighted by molar-refractivity contribution is 7.09. The minimum Gasteiger partial charge on any atom is -0.339 e. The molecular formula is C20H23N3OS. The van der Waals surface area contributed by atoms with Crippen LogP contribution in [-0.4, -0.2) is 46.9 Å². The van der Waals surface area contributed by atoms with Crippen molar-refractivity contribution in [2.24, 2.45) is 5.92 Å². The molecule has 1 saturated heterocycles. The summed E-state index contributed by atoms with van der Waals surface area (Å²) < 4.78 is 0. The third-order valence-electron chi connectivity index (χ3n) is 5.13. The molecule has 0 radical (unpaired) electrons. The first-order valence-corrected chi connectivity index (χ1v) is 9.69. The Morgan fingerprint density at radius 1 is 1.16 bits per heavy atom. The van der Waals surface area contributed by atoms with Crippen LogP contribution in [0.25, 0.3) is 5.57 Å². The fourth-order valence-corrected chi connectivity index (χ4v) is 4.27. The number of aryl methyl sites for hydroxylation is 1. The van der Waals surface area contributed by atoms with Gasteiger partial charge in [-0.3, -0.25) is 9.69 Å². The summed E-state index contributed by atoms with van der Waals surface area (Å²) in [5.41, 5.74) is 4.80. The van der Waals surface area contributed by atoms with Gasteiger partial charge in [0.1, 0.15) is 0 Å². The highest BCUT2D eigenvalue weighted by atomic mass is 32.1. The molecule has 25 heavy (non-hydrogen) atoms. The van der Waals surface area contributed by atoms with E-state index in [1.807, 2.05) is 30.0 Å². The van der Waals surface area contributed by atoms with Crippen molar-refractivity contribution < 1.29 is 4.79 Å². The van der Waals surface area contributed by atoms with E-state index in [4.69, 9.17) is 0 Å². The van der Waals surface area contributed by atoms with Gasteiger partial charge in [-0.1, -0.05) is 35.9 Å². The lowest BCUT2D eigenvalue weighted by atomic mass is 10.1. The van der Waals surface area contributed by atoms with Gasteiger partial charge in [-0.25, -0.2) is 4.98 Å². The first kappa shape index (κ1) is 16.5. The number of thiazole rings is 1. The van der Waals surface area contributed by atoms with E-state index in [9.17, 15) is 4.79 Å². The van der Waals surface area contributed by atoms with Gasteiger partial charge in [0.2, 0.25) is 5.91 Å². The second kappa shape index (κ2) is 6.73. The minimum atomic E-state index is 0.00939. The van der Waals surface area contributed by atoms with Gasteiger partial charge >= 0.3 is 0 Å². The third-order valence-corrected chi connectivity index (χ3v) is 5.95. The average molecular weight is 353 g/mol. The topological polar surface area (TPSA) is 36.4 Å². The molecule has 4 rings (SSSR count). The number of rotatable bonds is 4. The average Bonchev–Trinajstić information content (AvgIpc) is 3.14. The van der Waals surface area contributed by atoms with E-state index in [2.05, 4.69) is 34.3 Å². The second-order valence-electron chi connectivity index (χ2n) is 6.86.